The van der Waals surface area contributed by atoms with Gasteiger partial charge in [-0.1, -0.05) is 11.6 Å². The predicted molar refractivity (Wildman–Crippen MR) is 87.9 cm³/mol. The van der Waals surface area contributed by atoms with Gasteiger partial charge in [0.05, 0.1) is 24.1 Å². The van der Waals surface area contributed by atoms with E-state index in [2.05, 4.69) is 0 Å². The Balaban J connectivity index is 1.82. The SMILES string of the molecule is COc1c(C(=O)N2CCc3cc(C(=O)NO)sc3C2)csc1Cl. The van der Waals surface area contributed by atoms with Gasteiger partial charge in [0.2, 0.25) is 0 Å². The number of fused-ring (bicyclic) bond motifs is 1. The molecule has 0 saturated heterocycles. The van der Waals surface area contributed by atoms with E-state index in [-0.39, 0.29) is 5.91 Å². The number of ether oxygens (including phenoxy) is 1. The number of carbonyl (C=O) groups excluding carboxylic acids is 2. The standard InChI is InChI=1S/C14H13ClN2O4S2/c1-21-11-8(6-22-12(11)15)14(19)17-3-2-7-4-9(13(18)16-20)23-10(7)5-17/h4,6,20H,2-3,5H2,1H3,(H,16,18). The highest BCUT2D eigenvalue weighted by molar-refractivity contribution is 7.15. The first-order valence-electron chi connectivity index (χ1n) is 6.71. The summed E-state index contributed by atoms with van der Waals surface area (Å²) >= 11 is 8.56. The van der Waals surface area contributed by atoms with E-state index in [1.165, 1.54) is 29.8 Å². The fourth-order valence-corrected chi connectivity index (χ4v) is 4.65. The number of methoxy groups -OCH3 is 1. The van der Waals surface area contributed by atoms with Gasteiger partial charge in [-0.05, 0) is 18.1 Å². The lowest BCUT2D eigenvalue weighted by atomic mass is 10.1. The molecule has 3 rings (SSSR count). The lowest BCUT2D eigenvalue weighted by Crippen LogP contribution is -2.35. The second kappa shape index (κ2) is 6.48. The molecule has 0 saturated carbocycles. The Morgan fingerprint density at radius 2 is 2.26 bits per heavy atom. The van der Waals surface area contributed by atoms with Crippen LogP contribution in [0.25, 0.3) is 0 Å². The summed E-state index contributed by atoms with van der Waals surface area (Å²) in [5, 5.41) is 10.4. The molecule has 0 unspecified atom stereocenters. The van der Waals surface area contributed by atoms with Gasteiger partial charge in [0.1, 0.15) is 4.34 Å². The first-order chi connectivity index (χ1) is 11.0. The van der Waals surface area contributed by atoms with E-state index in [4.69, 9.17) is 21.5 Å². The van der Waals surface area contributed by atoms with Gasteiger partial charge in [0.15, 0.2) is 5.75 Å². The Bertz CT molecular complexity index is 771. The number of hydrogen-bond donors (Lipinski definition) is 2. The molecule has 1 aliphatic rings. The fourth-order valence-electron chi connectivity index (χ4n) is 2.49. The van der Waals surface area contributed by atoms with Crippen LogP contribution >= 0.6 is 34.3 Å². The highest BCUT2D eigenvalue weighted by Crippen LogP contribution is 2.37. The number of rotatable bonds is 3. The van der Waals surface area contributed by atoms with E-state index in [9.17, 15) is 9.59 Å². The van der Waals surface area contributed by atoms with Crippen LogP contribution in [0.15, 0.2) is 11.4 Å². The maximum atomic E-state index is 12.7. The second-order valence-electron chi connectivity index (χ2n) is 4.93. The normalized spacial score (nSPS) is 13.6. The molecule has 0 fully saturated rings. The summed E-state index contributed by atoms with van der Waals surface area (Å²) in [5.74, 6) is -0.273. The van der Waals surface area contributed by atoms with E-state index < -0.39 is 5.91 Å². The molecule has 0 spiro atoms. The first-order valence-corrected chi connectivity index (χ1v) is 8.78. The molecule has 23 heavy (non-hydrogen) atoms. The Morgan fingerprint density at radius 3 is 2.96 bits per heavy atom. The van der Waals surface area contributed by atoms with Gasteiger partial charge in [-0.2, -0.15) is 0 Å². The van der Waals surface area contributed by atoms with E-state index in [0.29, 0.717) is 40.0 Å². The van der Waals surface area contributed by atoms with Crippen molar-refractivity contribution in [3.05, 3.63) is 36.7 Å². The van der Waals surface area contributed by atoms with Gasteiger partial charge in [-0.25, -0.2) is 5.48 Å². The van der Waals surface area contributed by atoms with Crippen molar-refractivity contribution in [1.29, 1.82) is 0 Å². The maximum absolute atomic E-state index is 12.7. The van der Waals surface area contributed by atoms with Crippen LogP contribution in [0, 0.1) is 0 Å². The van der Waals surface area contributed by atoms with E-state index in [1.54, 1.807) is 21.8 Å². The Kier molecular flexibility index (Phi) is 4.58. The molecule has 6 nitrogen and oxygen atoms in total. The fraction of sp³-hybridized carbons (Fsp3) is 0.286. The Morgan fingerprint density at radius 1 is 1.48 bits per heavy atom. The number of nitrogens with one attached hydrogen (secondary N) is 1. The van der Waals surface area contributed by atoms with Crippen LogP contribution in [0.2, 0.25) is 4.34 Å². The van der Waals surface area contributed by atoms with Crippen LogP contribution in [0.4, 0.5) is 0 Å². The summed E-state index contributed by atoms with van der Waals surface area (Å²) in [6, 6.07) is 1.76. The molecular weight excluding hydrogens is 360 g/mol. The molecule has 9 heteroatoms. The third-order valence-corrected chi connectivity index (χ3v) is 5.98. The molecule has 0 aliphatic carbocycles. The molecule has 1 aliphatic heterocycles. The molecule has 122 valence electrons. The molecule has 0 aromatic carbocycles. The van der Waals surface area contributed by atoms with Crippen LogP contribution in [0.5, 0.6) is 5.75 Å². The van der Waals surface area contributed by atoms with Crippen LogP contribution in [0.3, 0.4) is 0 Å². The number of thiophene rings is 2. The van der Waals surface area contributed by atoms with Gasteiger partial charge in [0.25, 0.3) is 11.8 Å². The number of amides is 2. The molecule has 0 atom stereocenters. The average Bonchev–Trinajstić information content (AvgIpc) is 3.15. The molecule has 0 bridgehead atoms. The van der Waals surface area contributed by atoms with Crippen molar-refractivity contribution in [2.75, 3.05) is 13.7 Å². The van der Waals surface area contributed by atoms with E-state index in [1.807, 2.05) is 0 Å². The van der Waals surface area contributed by atoms with Crippen LogP contribution in [-0.4, -0.2) is 35.6 Å². The zero-order valence-corrected chi connectivity index (χ0v) is 14.5. The minimum atomic E-state index is -0.534. The van der Waals surface area contributed by atoms with Crippen molar-refractivity contribution < 1.29 is 19.5 Å². The summed E-state index contributed by atoms with van der Waals surface area (Å²) < 4.78 is 5.65. The summed E-state index contributed by atoms with van der Waals surface area (Å²) in [6.45, 7) is 0.980. The smallest absolute Gasteiger partial charge is 0.284 e. The third kappa shape index (κ3) is 2.94. The van der Waals surface area contributed by atoms with Crippen molar-refractivity contribution in [3.8, 4) is 5.75 Å². The molecule has 3 heterocycles. The number of hydroxylamine groups is 1. The van der Waals surface area contributed by atoms with Crippen molar-refractivity contribution >= 4 is 46.1 Å². The van der Waals surface area contributed by atoms with Gasteiger partial charge < -0.3 is 9.64 Å². The highest BCUT2D eigenvalue weighted by Gasteiger charge is 2.28. The monoisotopic (exact) mass is 372 g/mol. The van der Waals surface area contributed by atoms with Gasteiger partial charge in [-0.15, -0.1) is 22.7 Å². The number of carbonyl (C=O) groups is 2. The van der Waals surface area contributed by atoms with Gasteiger partial charge in [0, 0.05) is 16.8 Å². The highest BCUT2D eigenvalue weighted by atomic mass is 35.5. The average molecular weight is 373 g/mol. The first kappa shape index (κ1) is 16.3. The summed E-state index contributed by atoms with van der Waals surface area (Å²) in [5.41, 5.74) is 3.12. The molecular formula is C14H13ClN2O4S2. The third-order valence-electron chi connectivity index (χ3n) is 3.63. The zero-order chi connectivity index (χ0) is 16.6. The number of halogens is 1. The Hall–Kier alpha value is -1.61. The predicted octanol–water partition coefficient (Wildman–Crippen LogP) is 2.79. The van der Waals surface area contributed by atoms with E-state index in [0.717, 1.165) is 10.4 Å². The minimum absolute atomic E-state index is 0.141. The van der Waals surface area contributed by atoms with Gasteiger partial charge in [-0.3, -0.25) is 14.8 Å². The molecule has 0 radical (unpaired) electrons. The summed E-state index contributed by atoms with van der Waals surface area (Å²) in [7, 11) is 1.48. The number of nitrogens with zero attached hydrogens (tertiary/aromatic N) is 1. The van der Waals surface area contributed by atoms with E-state index >= 15 is 0 Å². The quantitative estimate of drug-likeness (QED) is 0.641. The van der Waals surface area contributed by atoms with Crippen LogP contribution < -0.4 is 10.2 Å². The Labute approximate surface area is 145 Å². The van der Waals surface area contributed by atoms with Crippen LogP contribution in [0.1, 0.15) is 30.5 Å². The van der Waals surface area contributed by atoms with Crippen molar-refractivity contribution in [3.63, 3.8) is 0 Å². The molecule has 2 aromatic rings. The maximum Gasteiger partial charge on any atom is 0.284 e. The molecule has 2 N–H and O–H groups in total. The number of hydrogen-bond acceptors (Lipinski definition) is 6. The largest absolute Gasteiger partial charge is 0.493 e. The minimum Gasteiger partial charge on any atom is -0.493 e. The summed E-state index contributed by atoms with van der Waals surface area (Å²) in [4.78, 5) is 27.3. The zero-order valence-electron chi connectivity index (χ0n) is 12.1. The van der Waals surface area contributed by atoms with Gasteiger partial charge >= 0.3 is 0 Å². The second-order valence-corrected chi connectivity index (χ2v) is 7.55. The molecule has 2 aromatic heterocycles. The lowest BCUT2D eigenvalue weighted by Gasteiger charge is -2.26. The van der Waals surface area contributed by atoms with Crippen molar-refractivity contribution in [2.24, 2.45) is 0 Å². The molecule has 2 amide bonds. The topological polar surface area (TPSA) is 78.9 Å². The van der Waals surface area contributed by atoms with Crippen LogP contribution in [-0.2, 0) is 13.0 Å². The summed E-state index contributed by atoms with van der Waals surface area (Å²) in [6.07, 6.45) is 0.663. The van der Waals surface area contributed by atoms with Crippen molar-refractivity contribution in [2.45, 2.75) is 13.0 Å². The van der Waals surface area contributed by atoms with Crippen molar-refractivity contribution in [1.82, 2.24) is 10.4 Å². The lowest BCUT2D eigenvalue weighted by molar-refractivity contribution is 0.0709.